The number of H-pyrrole nitrogens is 1. The molecule has 1 heterocycles. The van der Waals surface area contributed by atoms with Gasteiger partial charge in [0.25, 0.3) is 0 Å². The normalized spacial score (nSPS) is 10.8. The van der Waals surface area contributed by atoms with Gasteiger partial charge in [-0.05, 0) is 31.6 Å². The van der Waals surface area contributed by atoms with Gasteiger partial charge < -0.3 is 9.88 Å². The number of likely N-dealkylation sites (N-methyl/N-ethyl adjacent to an activating group) is 1. The minimum absolute atomic E-state index is 1.13. The van der Waals surface area contributed by atoms with E-state index < -0.39 is 0 Å². The minimum atomic E-state index is 1.13. The van der Waals surface area contributed by atoms with Gasteiger partial charge in [-0.1, -0.05) is 6.92 Å². The van der Waals surface area contributed by atoms with Crippen LogP contribution in [0, 0.1) is 0 Å². The number of nitrogens with zero attached hydrogens (tertiary/aromatic N) is 1. The van der Waals surface area contributed by atoms with Crippen LogP contribution < -0.4 is 0 Å². The van der Waals surface area contributed by atoms with Crippen LogP contribution >= 0.6 is 0 Å². The first-order chi connectivity index (χ1) is 5.33. The first kappa shape index (κ1) is 8.34. The summed E-state index contributed by atoms with van der Waals surface area (Å²) in [6.07, 6.45) is 5.18. The van der Waals surface area contributed by atoms with Crippen molar-refractivity contribution in [2.75, 3.05) is 20.1 Å². The molecule has 1 N–H and O–H groups in total. The topological polar surface area (TPSA) is 19.0 Å². The van der Waals surface area contributed by atoms with E-state index in [-0.39, 0.29) is 0 Å². The average Bonchev–Trinajstić information content (AvgIpc) is 2.52. The lowest BCUT2D eigenvalue weighted by molar-refractivity contribution is 0.357. The molecular formula is C9H16N2. The van der Waals surface area contributed by atoms with Crippen LogP contribution in [0.4, 0.5) is 0 Å². The Morgan fingerprint density at radius 3 is 2.91 bits per heavy atom. The lowest BCUT2D eigenvalue weighted by atomic mass is 10.2. The van der Waals surface area contributed by atoms with Crippen LogP contribution in [0.5, 0.6) is 0 Å². The summed E-state index contributed by atoms with van der Waals surface area (Å²) in [7, 11) is 2.15. The molecule has 0 amide bonds. The fraction of sp³-hybridized carbons (Fsp3) is 0.556. The Bertz CT molecular complexity index is 179. The largest absolute Gasteiger partial charge is 0.367 e. The van der Waals surface area contributed by atoms with Crippen LogP contribution in [0.25, 0.3) is 0 Å². The average molecular weight is 152 g/mol. The van der Waals surface area contributed by atoms with Crippen LogP contribution in [0.1, 0.15) is 12.5 Å². The summed E-state index contributed by atoms with van der Waals surface area (Å²) < 4.78 is 0. The monoisotopic (exact) mass is 152 g/mol. The molecule has 1 aromatic heterocycles. The van der Waals surface area contributed by atoms with Gasteiger partial charge in [0.1, 0.15) is 0 Å². The minimum Gasteiger partial charge on any atom is -0.367 e. The van der Waals surface area contributed by atoms with Crippen molar-refractivity contribution in [1.82, 2.24) is 9.88 Å². The molecule has 2 heteroatoms. The van der Waals surface area contributed by atoms with E-state index in [1.165, 1.54) is 5.56 Å². The van der Waals surface area contributed by atoms with Crippen molar-refractivity contribution in [1.29, 1.82) is 0 Å². The van der Waals surface area contributed by atoms with Crippen molar-refractivity contribution in [2.24, 2.45) is 0 Å². The Morgan fingerprint density at radius 2 is 2.36 bits per heavy atom. The second-order valence-electron chi connectivity index (χ2n) is 2.87. The maximum absolute atomic E-state index is 3.05. The molecule has 0 aliphatic rings. The molecule has 1 rings (SSSR count). The van der Waals surface area contributed by atoms with Gasteiger partial charge in [-0.3, -0.25) is 0 Å². The van der Waals surface area contributed by atoms with Crippen molar-refractivity contribution < 1.29 is 0 Å². The number of aromatic amines is 1. The van der Waals surface area contributed by atoms with Crippen LogP contribution in [-0.2, 0) is 6.42 Å². The van der Waals surface area contributed by atoms with Crippen molar-refractivity contribution in [3.05, 3.63) is 24.0 Å². The number of rotatable bonds is 4. The summed E-state index contributed by atoms with van der Waals surface area (Å²) >= 11 is 0. The van der Waals surface area contributed by atoms with Crippen LogP contribution in [-0.4, -0.2) is 30.0 Å². The summed E-state index contributed by atoms with van der Waals surface area (Å²) in [6.45, 7) is 4.45. The summed E-state index contributed by atoms with van der Waals surface area (Å²) in [5, 5.41) is 0. The highest BCUT2D eigenvalue weighted by atomic mass is 15.1. The number of nitrogens with one attached hydrogen (secondary N) is 1. The molecule has 0 aromatic carbocycles. The Hall–Kier alpha value is -0.760. The van der Waals surface area contributed by atoms with E-state index in [9.17, 15) is 0 Å². The van der Waals surface area contributed by atoms with Gasteiger partial charge in [0.05, 0.1) is 0 Å². The number of hydrogen-bond acceptors (Lipinski definition) is 1. The van der Waals surface area contributed by atoms with E-state index in [1.807, 2.05) is 6.20 Å². The molecular weight excluding hydrogens is 136 g/mol. The van der Waals surface area contributed by atoms with Crippen molar-refractivity contribution in [3.63, 3.8) is 0 Å². The van der Waals surface area contributed by atoms with Gasteiger partial charge in [-0.15, -0.1) is 0 Å². The Morgan fingerprint density at radius 1 is 1.55 bits per heavy atom. The third kappa shape index (κ3) is 2.76. The molecule has 2 nitrogen and oxygen atoms in total. The molecule has 0 saturated carbocycles. The summed E-state index contributed by atoms with van der Waals surface area (Å²) in [4.78, 5) is 5.37. The van der Waals surface area contributed by atoms with E-state index in [1.54, 1.807) is 0 Å². The number of hydrogen-bond donors (Lipinski definition) is 1. The van der Waals surface area contributed by atoms with Gasteiger partial charge in [0.15, 0.2) is 0 Å². The first-order valence-corrected chi connectivity index (χ1v) is 4.13. The molecule has 11 heavy (non-hydrogen) atoms. The third-order valence-corrected chi connectivity index (χ3v) is 1.98. The van der Waals surface area contributed by atoms with Crippen LogP contribution in [0.2, 0.25) is 0 Å². The second-order valence-corrected chi connectivity index (χ2v) is 2.87. The number of aromatic nitrogens is 1. The fourth-order valence-corrected chi connectivity index (χ4v) is 0.992. The van der Waals surface area contributed by atoms with E-state index in [0.717, 1.165) is 19.5 Å². The SMILES string of the molecule is CCN(C)CCc1cc[nH]c1. The molecule has 0 aliphatic carbocycles. The van der Waals surface area contributed by atoms with Crippen LogP contribution in [0.3, 0.4) is 0 Å². The van der Waals surface area contributed by atoms with Gasteiger partial charge >= 0.3 is 0 Å². The molecule has 0 aliphatic heterocycles. The van der Waals surface area contributed by atoms with Crippen molar-refractivity contribution >= 4 is 0 Å². The molecule has 0 saturated heterocycles. The first-order valence-electron chi connectivity index (χ1n) is 4.13. The second kappa shape index (κ2) is 4.19. The highest BCUT2D eigenvalue weighted by Gasteiger charge is 1.95. The lowest BCUT2D eigenvalue weighted by Crippen LogP contribution is -2.20. The zero-order valence-corrected chi connectivity index (χ0v) is 7.30. The van der Waals surface area contributed by atoms with Gasteiger partial charge in [-0.2, -0.15) is 0 Å². The molecule has 0 fully saturated rings. The zero-order valence-electron chi connectivity index (χ0n) is 7.30. The van der Waals surface area contributed by atoms with Gasteiger partial charge in [0, 0.05) is 18.9 Å². The standard InChI is InChI=1S/C9H16N2/c1-3-11(2)7-5-9-4-6-10-8-9/h4,6,8,10H,3,5,7H2,1-2H3. The van der Waals surface area contributed by atoms with Gasteiger partial charge in [-0.25, -0.2) is 0 Å². The van der Waals surface area contributed by atoms with Gasteiger partial charge in [0.2, 0.25) is 0 Å². The molecule has 62 valence electrons. The van der Waals surface area contributed by atoms with E-state index >= 15 is 0 Å². The van der Waals surface area contributed by atoms with Crippen LogP contribution in [0.15, 0.2) is 18.5 Å². The lowest BCUT2D eigenvalue weighted by Gasteiger charge is -2.12. The van der Waals surface area contributed by atoms with Crippen molar-refractivity contribution in [3.8, 4) is 0 Å². The molecule has 0 spiro atoms. The van der Waals surface area contributed by atoms with E-state index in [0.29, 0.717) is 0 Å². The zero-order chi connectivity index (χ0) is 8.10. The molecule has 0 radical (unpaired) electrons. The molecule has 0 unspecified atom stereocenters. The van der Waals surface area contributed by atoms with E-state index in [4.69, 9.17) is 0 Å². The Balaban J connectivity index is 2.23. The highest BCUT2D eigenvalue weighted by molar-refractivity contribution is 5.08. The summed E-state index contributed by atoms with van der Waals surface area (Å²) in [5.74, 6) is 0. The summed E-state index contributed by atoms with van der Waals surface area (Å²) in [6, 6.07) is 2.13. The maximum atomic E-state index is 3.05. The van der Waals surface area contributed by atoms with Crippen molar-refractivity contribution in [2.45, 2.75) is 13.3 Å². The molecule has 0 atom stereocenters. The predicted molar refractivity (Wildman–Crippen MR) is 47.7 cm³/mol. The fourth-order valence-electron chi connectivity index (χ4n) is 0.992. The molecule has 1 aromatic rings. The highest BCUT2D eigenvalue weighted by Crippen LogP contribution is 1.98. The third-order valence-electron chi connectivity index (χ3n) is 1.98. The quantitative estimate of drug-likeness (QED) is 0.693. The molecule has 0 bridgehead atoms. The smallest absolute Gasteiger partial charge is 0.00378 e. The summed E-state index contributed by atoms with van der Waals surface area (Å²) in [5.41, 5.74) is 1.39. The van der Waals surface area contributed by atoms with E-state index in [2.05, 4.69) is 36.1 Å². The maximum Gasteiger partial charge on any atom is 0.00378 e. The predicted octanol–water partition coefficient (Wildman–Crippen LogP) is 1.51. The Labute approximate surface area is 68.2 Å². The Kier molecular flexibility index (Phi) is 3.17.